The van der Waals surface area contributed by atoms with Gasteiger partial charge in [-0.1, -0.05) is 57.0 Å². The molecule has 1 unspecified atom stereocenters. The van der Waals surface area contributed by atoms with Crippen LogP contribution in [0.5, 0.6) is 0 Å². The minimum Gasteiger partial charge on any atom is -1.00 e. The molecular weight excluding hydrogens is 268 g/mol. The fourth-order valence-electron chi connectivity index (χ4n) is 2.64. The van der Waals surface area contributed by atoms with Crippen molar-refractivity contribution >= 4 is 0 Å². The molecule has 0 spiro atoms. The van der Waals surface area contributed by atoms with Gasteiger partial charge in [0, 0.05) is 18.5 Å². The van der Waals surface area contributed by atoms with Gasteiger partial charge in [-0.15, -0.1) is 0 Å². The second-order valence-corrected chi connectivity index (χ2v) is 5.87. The Morgan fingerprint density at radius 1 is 1.00 bits per heavy atom. The molecule has 0 radical (unpaired) electrons. The predicted octanol–water partition coefficient (Wildman–Crippen LogP) is 1.30. The molecule has 0 aliphatic rings. The molecule has 1 rings (SSSR count). The summed E-state index contributed by atoms with van der Waals surface area (Å²) in [6.07, 6.45) is 6.36. The molecule has 1 aromatic rings. The van der Waals surface area contributed by atoms with Gasteiger partial charge in [-0.25, -0.2) is 4.59 Å². The summed E-state index contributed by atoms with van der Waals surface area (Å²) >= 11 is 0. The SMILES string of the molecule is CCCCCC(c1ccccc1)[N+](C)(C)NCCC.[Cl-]. The number of benzene rings is 1. The van der Waals surface area contributed by atoms with Crippen molar-refractivity contribution in [3.63, 3.8) is 0 Å². The lowest BCUT2D eigenvalue weighted by Gasteiger charge is -2.38. The van der Waals surface area contributed by atoms with Crippen LogP contribution in [-0.4, -0.2) is 25.2 Å². The summed E-state index contributed by atoms with van der Waals surface area (Å²) in [6, 6.07) is 11.5. The summed E-state index contributed by atoms with van der Waals surface area (Å²) in [4.78, 5) is 0. The lowest BCUT2D eigenvalue weighted by atomic mass is 9.99. The third-order valence-corrected chi connectivity index (χ3v) is 3.81. The van der Waals surface area contributed by atoms with Crippen molar-refractivity contribution in [1.82, 2.24) is 5.43 Å². The van der Waals surface area contributed by atoms with E-state index in [1.54, 1.807) is 0 Å². The van der Waals surface area contributed by atoms with E-state index >= 15 is 0 Å². The Labute approximate surface area is 131 Å². The van der Waals surface area contributed by atoms with Crippen LogP contribution in [0.2, 0.25) is 0 Å². The highest BCUT2D eigenvalue weighted by Gasteiger charge is 2.29. The van der Waals surface area contributed by atoms with E-state index in [9.17, 15) is 0 Å². The molecule has 0 fully saturated rings. The zero-order valence-electron chi connectivity index (χ0n) is 13.5. The number of quaternary nitrogens is 1. The van der Waals surface area contributed by atoms with Gasteiger partial charge in [0.05, 0.1) is 14.1 Å². The predicted molar refractivity (Wildman–Crippen MR) is 83.7 cm³/mol. The van der Waals surface area contributed by atoms with Crippen molar-refractivity contribution in [2.45, 2.75) is 52.0 Å². The smallest absolute Gasteiger partial charge is 0.132 e. The molecule has 0 heterocycles. The van der Waals surface area contributed by atoms with Gasteiger partial charge in [-0.2, -0.15) is 5.43 Å². The zero-order valence-corrected chi connectivity index (χ0v) is 14.3. The van der Waals surface area contributed by atoms with Crippen LogP contribution in [0.15, 0.2) is 30.3 Å². The third kappa shape index (κ3) is 6.25. The van der Waals surface area contributed by atoms with E-state index in [0.29, 0.717) is 6.04 Å². The van der Waals surface area contributed by atoms with Gasteiger partial charge >= 0.3 is 0 Å². The number of unbranched alkanes of at least 4 members (excludes halogenated alkanes) is 2. The highest BCUT2D eigenvalue weighted by Crippen LogP contribution is 2.28. The summed E-state index contributed by atoms with van der Waals surface area (Å²) in [5.74, 6) is 0. The summed E-state index contributed by atoms with van der Waals surface area (Å²) in [5, 5.41) is 0. The van der Waals surface area contributed by atoms with Gasteiger partial charge in [0.25, 0.3) is 0 Å². The molecule has 0 saturated carbocycles. The average molecular weight is 299 g/mol. The van der Waals surface area contributed by atoms with Gasteiger partial charge < -0.3 is 12.4 Å². The van der Waals surface area contributed by atoms with Crippen LogP contribution in [-0.2, 0) is 0 Å². The molecule has 1 atom stereocenters. The van der Waals surface area contributed by atoms with E-state index in [1.165, 1.54) is 37.7 Å². The zero-order chi connectivity index (χ0) is 14.1. The van der Waals surface area contributed by atoms with E-state index in [2.05, 4.69) is 63.7 Å². The van der Waals surface area contributed by atoms with E-state index in [1.807, 2.05) is 0 Å². The number of hydrogen-bond acceptors (Lipinski definition) is 1. The van der Waals surface area contributed by atoms with Crippen molar-refractivity contribution < 1.29 is 17.0 Å². The van der Waals surface area contributed by atoms with E-state index < -0.39 is 0 Å². The minimum absolute atomic E-state index is 0. The summed E-state index contributed by atoms with van der Waals surface area (Å²) in [5.41, 5.74) is 5.12. The Morgan fingerprint density at radius 3 is 2.20 bits per heavy atom. The molecule has 3 heteroatoms. The number of rotatable bonds is 9. The summed E-state index contributed by atoms with van der Waals surface area (Å²) < 4.78 is 0.877. The molecule has 0 saturated heterocycles. The van der Waals surface area contributed by atoms with Crippen LogP contribution >= 0.6 is 0 Å². The van der Waals surface area contributed by atoms with Crippen LogP contribution in [0.3, 0.4) is 0 Å². The molecule has 0 amide bonds. The maximum Gasteiger partial charge on any atom is 0.132 e. The van der Waals surface area contributed by atoms with Crippen molar-refractivity contribution in [1.29, 1.82) is 0 Å². The first-order valence-electron chi connectivity index (χ1n) is 7.75. The standard InChI is InChI=1S/C17H31N2.ClH/c1-5-7-9-14-17(16-12-10-8-11-13-16)19(3,4)18-15-6-2;/h8,10-13,17-18H,5-7,9,14-15H2,1-4H3;1H/q+1;/p-1. The first kappa shape index (κ1) is 19.4. The second kappa shape index (κ2) is 10.2. The fraction of sp³-hybridized carbons (Fsp3) is 0.647. The minimum atomic E-state index is 0. The number of nitrogens with zero attached hydrogens (tertiary/aromatic N) is 1. The van der Waals surface area contributed by atoms with Gasteiger partial charge in [0.1, 0.15) is 6.04 Å². The van der Waals surface area contributed by atoms with Crippen molar-refractivity contribution in [2.24, 2.45) is 0 Å². The second-order valence-electron chi connectivity index (χ2n) is 5.87. The summed E-state index contributed by atoms with van der Waals surface area (Å²) in [6.45, 7) is 5.57. The first-order chi connectivity index (χ1) is 9.11. The normalized spacial score (nSPS) is 12.8. The highest BCUT2D eigenvalue weighted by atomic mass is 35.5. The van der Waals surface area contributed by atoms with Gasteiger partial charge in [-0.05, 0) is 12.8 Å². The molecular formula is C17H31ClN2. The lowest BCUT2D eigenvalue weighted by Crippen LogP contribution is -3.00. The topological polar surface area (TPSA) is 12.0 Å². The van der Waals surface area contributed by atoms with Crippen LogP contribution in [0.1, 0.15) is 57.6 Å². The largest absolute Gasteiger partial charge is 1.00 e. The fourth-order valence-corrected chi connectivity index (χ4v) is 2.64. The monoisotopic (exact) mass is 298 g/mol. The summed E-state index contributed by atoms with van der Waals surface area (Å²) in [7, 11) is 4.58. The Kier molecular flexibility index (Phi) is 9.91. The van der Waals surface area contributed by atoms with Crippen molar-refractivity contribution in [3.05, 3.63) is 35.9 Å². The molecule has 0 bridgehead atoms. The van der Waals surface area contributed by atoms with Crippen molar-refractivity contribution in [2.75, 3.05) is 20.6 Å². The van der Waals surface area contributed by atoms with Gasteiger partial charge in [0.2, 0.25) is 0 Å². The number of hydrogen-bond donors (Lipinski definition) is 1. The third-order valence-electron chi connectivity index (χ3n) is 3.81. The Morgan fingerprint density at radius 2 is 1.65 bits per heavy atom. The molecule has 2 nitrogen and oxygen atoms in total. The van der Waals surface area contributed by atoms with Gasteiger partial charge in [-0.3, -0.25) is 0 Å². The van der Waals surface area contributed by atoms with E-state index in [0.717, 1.165) is 11.1 Å². The first-order valence-corrected chi connectivity index (χ1v) is 7.75. The number of nitrogens with one attached hydrogen (secondary N) is 1. The molecule has 0 aliphatic carbocycles. The molecule has 1 aromatic carbocycles. The van der Waals surface area contributed by atoms with Crippen LogP contribution in [0.25, 0.3) is 0 Å². The van der Waals surface area contributed by atoms with Crippen molar-refractivity contribution in [3.8, 4) is 0 Å². The number of halogens is 1. The Hall–Kier alpha value is -0.570. The molecule has 20 heavy (non-hydrogen) atoms. The Balaban J connectivity index is 0.00000361. The molecule has 0 aromatic heterocycles. The molecule has 0 aliphatic heterocycles. The Bertz CT molecular complexity index is 338. The van der Waals surface area contributed by atoms with Crippen LogP contribution < -0.4 is 17.8 Å². The quantitative estimate of drug-likeness (QED) is 0.412. The lowest BCUT2D eigenvalue weighted by molar-refractivity contribution is -0.963. The van der Waals surface area contributed by atoms with E-state index in [-0.39, 0.29) is 12.4 Å². The maximum atomic E-state index is 3.67. The van der Waals surface area contributed by atoms with Crippen LogP contribution in [0, 0.1) is 0 Å². The van der Waals surface area contributed by atoms with Gasteiger partial charge in [0.15, 0.2) is 0 Å². The average Bonchev–Trinajstić information content (AvgIpc) is 2.42. The maximum absolute atomic E-state index is 3.67. The molecule has 1 N–H and O–H groups in total. The van der Waals surface area contributed by atoms with Crippen LogP contribution in [0.4, 0.5) is 0 Å². The highest BCUT2D eigenvalue weighted by molar-refractivity contribution is 5.17. The molecule has 116 valence electrons. The van der Waals surface area contributed by atoms with E-state index in [4.69, 9.17) is 0 Å².